The van der Waals surface area contributed by atoms with Crippen LogP contribution < -0.4 is 0 Å². The number of hydrogen-bond acceptors (Lipinski definition) is 5. The fourth-order valence-electron chi connectivity index (χ4n) is 1.44. The lowest BCUT2D eigenvalue weighted by Gasteiger charge is -2.19. The van der Waals surface area contributed by atoms with Gasteiger partial charge in [0, 0.05) is 25.8 Å². The Labute approximate surface area is 94.6 Å². The van der Waals surface area contributed by atoms with E-state index in [0.717, 1.165) is 5.56 Å². The van der Waals surface area contributed by atoms with Crippen molar-refractivity contribution in [2.75, 3.05) is 26.3 Å². The zero-order valence-electron chi connectivity index (χ0n) is 9.00. The molecule has 0 aliphatic carbocycles. The van der Waals surface area contributed by atoms with Crippen LogP contribution >= 0.6 is 0 Å². The summed E-state index contributed by atoms with van der Waals surface area (Å²) < 4.78 is 0. The Morgan fingerprint density at radius 2 is 2.00 bits per heavy atom. The number of aliphatic hydroxyl groups excluding tert-OH is 2. The molecule has 16 heavy (non-hydrogen) atoms. The van der Waals surface area contributed by atoms with Gasteiger partial charge in [-0.15, -0.1) is 0 Å². The van der Waals surface area contributed by atoms with E-state index in [1.807, 2.05) is 17.0 Å². The summed E-state index contributed by atoms with van der Waals surface area (Å²) in [5, 5.41) is 26.4. The first-order valence-electron chi connectivity index (χ1n) is 5.09. The molecule has 1 aromatic rings. The van der Waals surface area contributed by atoms with Crippen LogP contribution in [-0.4, -0.2) is 46.4 Å². The summed E-state index contributed by atoms with van der Waals surface area (Å²) in [6, 6.07) is 5.51. The first-order valence-corrected chi connectivity index (χ1v) is 5.09. The summed E-state index contributed by atoms with van der Waals surface area (Å²) in [6.07, 6.45) is 1.59. The monoisotopic (exact) mass is 221 g/mol. The maximum Gasteiger partial charge on any atom is 0.140 e. The van der Waals surface area contributed by atoms with Crippen molar-refractivity contribution in [1.29, 1.82) is 5.26 Å². The van der Waals surface area contributed by atoms with Crippen LogP contribution in [0.25, 0.3) is 0 Å². The van der Waals surface area contributed by atoms with E-state index in [9.17, 15) is 0 Å². The van der Waals surface area contributed by atoms with Gasteiger partial charge in [-0.25, -0.2) is 4.98 Å². The van der Waals surface area contributed by atoms with Crippen LogP contribution in [-0.2, 0) is 6.54 Å². The van der Waals surface area contributed by atoms with Crippen LogP contribution in [0.2, 0.25) is 0 Å². The third-order valence-corrected chi connectivity index (χ3v) is 2.18. The fraction of sp³-hybridized carbons (Fsp3) is 0.455. The maximum atomic E-state index is 8.85. The molecule has 2 N–H and O–H groups in total. The van der Waals surface area contributed by atoms with Gasteiger partial charge >= 0.3 is 0 Å². The molecule has 86 valence electrons. The molecule has 0 atom stereocenters. The summed E-state index contributed by atoms with van der Waals surface area (Å²) >= 11 is 0. The molecule has 0 unspecified atom stereocenters. The quantitative estimate of drug-likeness (QED) is 0.691. The van der Waals surface area contributed by atoms with Crippen LogP contribution in [0.15, 0.2) is 18.3 Å². The molecule has 0 spiro atoms. The Balaban J connectivity index is 2.65. The molecule has 0 bridgehead atoms. The number of aliphatic hydroxyl groups is 2. The number of nitrogens with zero attached hydrogens (tertiary/aromatic N) is 3. The van der Waals surface area contributed by atoms with Gasteiger partial charge in [0.25, 0.3) is 0 Å². The molecular formula is C11H15N3O2. The van der Waals surface area contributed by atoms with Crippen LogP contribution in [0.1, 0.15) is 11.3 Å². The predicted octanol–water partition coefficient (Wildman–Crippen LogP) is -0.260. The minimum absolute atomic E-state index is 0.0518. The largest absolute Gasteiger partial charge is 0.395 e. The highest BCUT2D eigenvalue weighted by atomic mass is 16.3. The van der Waals surface area contributed by atoms with Crippen molar-refractivity contribution < 1.29 is 10.2 Å². The van der Waals surface area contributed by atoms with E-state index in [1.165, 1.54) is 0 Å². The first kappa shape index (κ1) is 12.6. The third kappa shape index (κ3) is 3.95. The second-order valence-corrected chi connectivity index (χ2v) is 3.38. The third-order valence-electron chi connectivity index (χ3n) is 2.18. The molecule has 0 saturated carbocycles. The highest BCUT2D eigenvalue weighted by Gasteiger charge is 2.05. The molecule has 0 aliphatic heterocycles. The number of pyridine rings is 1. The van der Waals surface area contributed by atoms with Gasteiger partial charge in [0.05, 0.1) is 13.2 Å². The average molecular weight is 221 g/mol. The van der Waals surface area contributed by atoms with E-state index in [4.69, 9.17) is 15.5 Å². The molecule has 5 heteroatoms. The molecule has 0 aliphatic rings. The maximum absolute atomic E-state index is 8.85. The molecule has 0 fully saturated rings. The second-order valence-electron chi connectivity index (χ2n) is 3.38. The van der Waals surface area contributed by atoms with Crippen molar-refractivity contribution in [1.82, 2.24) is 9.88 Å². The van der Waals surface area contributed by atoms with Crippen LogP contribution in [0.5, 0.6) is 0 Å². The second kappa shape index (κ2) is 6.90. The van der Waals surface area contributed by atoms with Gasteiger partial charge in [-0.1, -0.05) is 0 Å². The molecule has 0 saturated heterocycles. The summed E-state index contributed by atoms with van der Waals surface area (Å²) in [6.45, 7) is 1.71. The normalized spacial score (nSPS) is 10.4. The standard InChI is InChI=1S/C11H15N3O2/c12-8-11-7-10(1-2-13-11)9-14(3-5-15)4-6-16/h1-2,7,15-16H,3-6,9H2. The van der Waals surface area contributed by atoms with Crippen molar-refractivity contribution in [2.24, 2.45) is 0 Å². The minimum atomic E-state index is 0.0518. The molecule has 1 aromatic heterocycles. The lowest BCUT2D eigenvalue weighted by molar-refractivity contribution is 0.156. The topological polar surface area (TPSA) is 80.4 Å². The summed E-state index contributed by atoms with van der Waals surface area (Å²) in [4.78, 5) is 5.79. The number of nitriles is 1. The highest BCUT2D eigenvalue weighted by Crippen LogP contribution is 2.05. The van der Waals surface area contributed by atoms with Crippen molar-refractivity contribution in [2.45, 2.75) is 6.54 Å². The first-order chi connectivity index (χ1) is 7.80. The smallest absolute Gasteiger partial charge is 0.140 e. The van der Waals surface area contributed by atoms with Crippen LogP contribution in [0.3, 0.4) is 0 Å². The summed E-state index contributed by atoms with van der Waals surface area (Å²) in [5.74, 6) is 0. The SMILES string of the molecule is N#Cc1cc(CN(CCO)CCO)ccn1. The van der Waals surface area contributed by atoms with Crippen molar-refractivity contribution in [3.63, 3.8) is 0 Å². The number of hydrogen-bond donors (Lipinski definition) is 2. The lowest BCUT2D eigenvalue weighted by atomic mass is 10.2. The van der Waals surface area contributed by atoms with Gasteiger partial charge in [0.1, 0.15) is 11.8 Å². The molecule has 5 nitrogen and oxygen atoms in total. The van der Waals surface area contributed by atoms with Crippen molar-refractivity contribution in [3.05, 3.63) is 29.6 Å². The molecule has 0 radical (unpaired) electrons. The van der Waals surface area contributed by atoms with Crippen molar-refractivity contribution in [3.8, 4) is 6.07 Å². The number of rotatable bonds is 6. The van der Waals surface area contributed by atoms with Crippen LogP contribution in [0.4, 0.5) is 0 Å². The lowest BCUT2D eigenvalue weighted by Crippen LogP contribution is -2.29. The van der Waals surface area contributed by atoms with Gasteiger partial charge in [-0.3, -0.25) is 4.90 Å². The Kier molecular flexibility index (Phi) is 5.43. The minimum Gasteiger partial charge on any atom is -0.395 e. The van der Waals surface area contributed by atoms with E-state index in [-0.39, 0.29) is 13.2 Å². The fourth-order valence-corrected chi connectivity index (χ4v) is 1.44. The van der Waals surface area contributed by atoms with Gasteiger partial charge in [-0.2, -0.15) is 5.26 Å². The van der Waals surface area contributed by atoms with E-state index in [0.29, 0.717) is 25.3 Å². The van der Waals surface area contributed by atoms with Crippen molar-refractivity contribution >= 4 is 0 Å². The Morgan fingerprint density at radius 3 is 2.56 bits per heavy atom. The highest BCUT2D eigenvalue weighted by molar-refractivity contribution is 5.25. The zero-order chi connectivity index (χ0) is 11.8. The Hall–Kier alpha value is -1.48. The Morgan fingerprint density at radius 1 is 1.31 bits per heavy atom. The van der Waals surface area contributed by atoms with Gasteiger partial charge in [0.2, 0.25) is 0 Å². The zero-order valence-corrected chi connectivity index (χ0v) is 9.00. The van der Waals surface area contributed by atoms with E-state index >= 15 is 0 Å². The molecule has 1 heterocycles. The molecule has 0 amide bonds. The predicted molar refractivity (Wildman–Crippen MR) is 58.4 cm³/mol. The van der Waals surface area contributed by atoms with Gasteiger partial charge in [0.15, 0.2) is 0 Å². The Bertz CT molecular complexity index is 356. The van der Waals surface area contributed by atoms with Gasteiger partial charge < -0.3 is 10.2 Å². The van der Waals surface area contributed by atoms with E-state index in [2.05, 4.69) is 4.98 Å². The van der Waals surface area contributed by atoms with Gasteiger partial charge in [-0.05, 0) is 17.7 Å². The molecule has 0 aromatic carbocycles. The summed E-state index contributed by atoms with van der Waals surface area (Å²) in [7, 11) is 0. The van der Waals surface area contributed by atoms with E-state index < -0.39 is 0 Å². The summed E-state index contributed by atoms with van der Waals surface area (Å²) in [5.41, 5.74) is 1.33. The van der Waals surface area contributed by atoms with E-state index in [1.54, 1.807) is 12.3 Å². The van der Waals surface area contributed by atoms with Crippen LogP contribution in [0, 0.1) is 11.3 Å². The number of aromatic nitrogens is 1. The average Bonchev–Trinajstić information content (AvgIpc) is 2.30. The molecule has 1 rings (SSSR count). The molecular weight excluding hydrogens is 206 g/mol.